The second-order valence-corrected chi connectivity index (χ2v) is 7.16. The summed E-state index contributed by atoms with van der Waals surface area (Å²) in [6.07, 6.45) is -11.9. The lowest BCUT2D eigenvalue weighted by Crippen LogP contribution is -2.28. The van der Waals surface area contributed by atoms with Gasteiger partial charge < -0.3 is 10.1 Å². The van der Waals surface area contributed by atoms with Crippen molar-refractivity contribution in [2.75, 3.05) is 6.61 Å². The summed E-state index contributed by atoms with van der Waals surface area (Å²) in [5.41, 5.74) is -4.20. The predicted molar refractivity (Wildman–Crippen MR) is 101 cm³/mol. The van der Waals surface area contributed by atoms with E-state index in [4.69, 9.17) is 0 Å². The standard InChI is InChI=1S/C19H13F9N6O2/c1-9(32-15(35)10-2-11(18(23,24)25)4-12(3-10)19(26,27)28)14-31-8-34(33-14)16-29-5-13(6-30-16)36-7-17(20,21)22/h2-6,8-9H,7H2,1H3,(H,32,35). The Morgan fingerprint density at radius 3 is 2.00 bits per heavy atom. The van der Waals surface area contributed by atoms with E-state index in [9.17, 15) is 44.3 Å². The summed E-state index contributed by atoms with van der Waals surface area (Å²) in [4.78, 5) is 23.8. The van der Waals surface area contributed by atoms with Crippen molar-refractivity contribution < 1.29 is 49.0 Å². The van der Waals surface area contributed by atoms with Gasteiger partial charge in [0.05, 0.1) is 29.6 Å². The molecule has 0 bridgehead atoms. The Morgan fingerprint density at radius 1 is 0.944 bits per heavy atom. The zero-order valence-corrected chi connectivity index (χ0v) is 17.7. The zero-order chi connectivity index (χ0) is 26.9. The quantitative estimate of drug-likeness (QED) is 0.473. The highest BCUT2D eigenvalue weighted by molar-refractivity contribution is 5.94. The summed E-state index contributed by atoms with van der Waals surface area (Å²) >= 11 is 0. The number of benzene rings is 1. The highest BCUT2D eigenvalue weighted by atomic mass is 19.4. The predicted octanol–water partition coefficient (Wildman–Crippen LogP) is 4.53. The first-order valence-corrected chi connectivity index (χ1v) is 9.57. The third kappa shape index (κ3) is 6.82. The second kappa shape index (κ2) is 9.62. The van der Waals surface area contributed by atoms with Crippen LogP contribution in [0.4, 0.5) is 39.5 Å². The van der Waals surface area contributed by atoms with Crippen molar-refractivity contribution in [3.05, 3.63) is 59.4 Å². The maximum atomic E-state index is 13.0. The van der Waals surface area contributed by atoms with Crippen molar-refractivity contribution in [2.24, 2.45) is 0 Å². The molecule has 0 saturated heterocycles. The van der Waals surface area contributed by atoms with Gasteiger partial charge in [0.15, 0.2) is 18.2 Å². The van der Waals surface area contributed by atoms with Crippen LogP contribution >= 0.6 is 0 Å². The van der Waals surface area contributed by atoms with Crippen molar-refractivity contribution in [3.63, 3.8) is 0 Å². The molecule has 3 rings (SSSR count). The summed E-state index contributed by atoms with van der Waals surface area (Å²) in [5, 5.41) is 6.14. The number of hydrogen-bond donors (Lipinski definition) is 1. The summed E-state index contributed by atoms with van der Waals surface area (Å²) < 4.78 is 120. The smallest absolute Gasteiger partial charge is 0.422 e. The minimum atomic E-state index is -5.13. The molecule has 1 amide bonds. The highest BCUT2D eigenvalue weighted by Crippen LogP contribution is 2.36. The molecule has 0 radical (unpaired) electrons. The van der Waals surface area contributed by atoms with E-state index in [0.29, 0.717) is 0 Å². The van der Waals surface area contributed by atoms with Crippen LogP contribution in [0.2, 0.25) is 0 Å². The highest BCUT2D eigenvalue weighted by Gasteiger charge is 2.37. The maximum Gasteiger partial charge on any atom is 0.422 e. The lowest BCUT2D eigenvalue weighted by molar-refractivity contribution is -0.153. The van der Waals surface area contributed by atoms with Gasteiger partial charge in [-0.05, 0) is 25.1 Å². The number of halogens is 9. The Labute approximate surface area is 195 Å². The number of nitrogens with zero attached hydrogens (tertiary/aromatic N) is 5. The van der Waals surface area contributed by atoms with E-state index in [1.165, 1.54) is 6.92 Å². The Hall–Kier alpha value is -3.92. The molecule has 0 spiro atoms. The molecule has 0 saturated carbocycles. The van der Waals surface area contributed by atoms with Crippen molar-refractivity contribution in [1.29, 1.82) is 0 Å². The number of carbonyl (C=O) groups excluding carboxylic acids is 1. The van der Waals surface area contributed by atoms with E-state index < -0.39 is 53.8 Å². The van der Waals surface area contributed by atoms with Gasteiger partial charge in [0, 0.05) is 5.56 Å². The van der Waals surface area contributed by atoms with E-state index in [-0.39, 0.29) is 35.7 Å². The van der Waals surface area contributed by atoms with Gasteiger partial charge in [-0.3, -0.25) is 4.79 Å². The van der Waals surface area contributed by atoms with Gasteiger partial charge in [-0.25, -0.2) is 15.0 Å². The molecule has 2 aromatic heterocycles. The van der Waals surface area contributed by atoms with Gasteiger partial charge in [0.1, 0.15) is 6.33 Å². The van der Waals surface area contributed by atoms with E-state index in [1.54, 1.807) is 0 Å². The number of alkyl halides is 9. The summed E-state index contributed by atoms with van der Waals surface area (Å²) in [6, 6.07) is -0.640. The van der Waals surface area contributed by atoms with Gasteiger partial charge in [0.25, 0.3) is 11.9 Å². The van der Waals surface area contributed by atoms with E-state index >= 15 is 0 Å². The molecule has 36 heavy (non-hydrogen) atoms. The minimum Gasteiger partial charge on any atom is -0.481 e. The van der Waals surface area contributed by atoms with Gasteiger partial charge in [-0.2, -0.15) is 44.2 Å². The molecule has 0 fully saturated rings. The van der Waals surface area contributed by atoms with Crippen molar-refractivity contribution in [3.8, 4) is 11.7 Å². The molecule has 17 heteroatoms. The van der Waals surface area contributed by atoms with Crippen molar-refractivity contribution >= 4 is 5.91 Å². The molecule has 0 aliphatic carbocycles. The van der Waals surface area contributed by atoms with Crippen LogP contribution in [0.25, 0.3) is 5.95 Å². The molecule has 1 N–H and O–H groups in total. The molecule has 2 heterocycles. The fourth-order valence-corrected chi connectivity index (χ4v) is 2.67. The monoisotopic (exact) mass is 528 g/mol. The van der Waals surface area contributed by atoms with Crippen LogP contribution in [0.3, 0.4) is 0 Å². The number of rotatable bonds is 6. The average molecular weight is 528 g/mol. The first kappa shape index (κ1) is 26.7. The molecule has 1 unspecified atom stereocenters. The van der Waals surface area contributed by atoms with Gasteiger partial charge in [0.2, 0.25) is 0 Å². The third-order valence-corrected chi connectivity index (χ3v) is 4.32. The Bertz CT molecular complexity index is 1190. The zero-order valence-electron chi connectivity index (χ0n) is 17.7. The average Bonchev–Trinajstić information content (AvgIpc) is 3.26. The normalized spacial score (nSPS) is 13.4. The third-order valence-electron chi connectivity index (χ3n) is 4.32. The summed E-state index contributed by atoms with van der Waals surface area (Å²) in [6.45, 7) is -0.248. The van der Waals surface area contributed by atoms with Crippen LogP contribution in [0, 0.1) is 0 Å². The molecule has 1 atom stereocenters. The Morgan fingerprint density at radius 2 is 1.50 bits per heavy atom. The largest absolute Gasteiger partial charge is 0.481 e. The number of amides is 1. The first-order valence-electron chi connectivity index (χ1n) is 9.57. The Kier molecular flexibility index (Phi) is 7.13. The maximum absolute atomic E-state index is 13.0. The summed E-state index contributed by atoms with van der Waals surface area (Å²) in [7, 11) is 0. The number of ether oxygens (including phenoxy) is 1. The van der Waals surface area contributed by atoms with E-state index in [1.807, 2.05) is 0 Å². The fraction of sp³-hybridized carbons (Fsp3) is 0.316. The van der Waals surface area contributed by atoms with E-state index in [2.05, 4.69) is 30.1 Å². The van der Waals surface area contributed by atoms with Gasteiger partial charge >= 0.3 is 18.5 Å². The minimum absolute atomic E-state index is 0.108. The van der Waals surface area contributed by atoms with Crippen LogP contribution in [0.15, 0.2) is 36.9 Å². The molecule has 0 aliphatic rings. The molecule has 0 aliphatic heterocycles. The first-order chi connectivity index (χ1) is 16.5. The molecular weight excluding hydrogens is 515 g/mol. The van der Waals surface area contributed by atoms with Crippen LogP contribution in [-0.4, -0.2) is 43.4 Å². The Balaban J connectivity index is 1.74. The van der Waals surface area contributed by atoms with Crippen LogP contribution in [0.1, 0.15) is 40.3 Å². The molecule has 1 aromatic carbocycles. The SMILES string of the molecule is CC(NC(=O)c1cc(C(F)(F)F)cc(C(F)(F)F)c1)c1ncn(-c2ncc(OCC(F)(F)F)cn2)n1. The topological polar surface area (TPSA) is 94.8 Å². The fourth-order valence-electron chi connectivity index (χ4n) is 2.67. The van der Waals surface area contributed by atoms with Crippen LogP contribution < -0.4 is 10.1 Å². The number of aromatic nitrogens is 5. The van der Waals surface area contributed by atoms with Gasteiger partial charge in [-0.15, -0.1) is 5.10 Å². The number of hydrogen-bond acceptors (Lipinski definition) is 6. The number of nitrogens with one attached hydrogen (secondary N) is 1. The number of carbonyl (C=O) groups is 1. The van der Waals surface area contributed by atoms with Gasteiger partial charge in [-0.1, -0.05) is 0 Å². The lowest BCUT2D eigenvalue weighted by Gasteiger charge is -2.15. The molecule has 194 valence electrons. The van der Waals surface area contributed by atoms with Crippen LogP contribution in [0.5, 0.6) is 5.75 Å². The summed E-state index contributed by atoms with van der Waals surface area (Å²) in [5.74, 6) is -1.80. The van der Waals surface area contributed by atoms with E-state index in [0.717, 1.165) is 23.4 Å². The van der Waals surface area contributed by atoms with Crippen molar-refractivity contribution in [2.45, 2.75) is 31.5 Å². The molecule has 8 nitrogen and oxygen atoms in total. The molecule has 3 aromatic rings. The van der Waals surface area contributed by atoms with Crippen molar-refractivity contribution in [1.82, 2.24) is 30.0 Å². The molecular formula is C19H13F9N6O2. The van der Waals surface area contributed by atoms with Crippen LogP contribution in [-0.2, 0) is 12.4 Å². The second-order valence-electron chi connectivity index (χ2n) is 7.16. The lowest BCUT2D eigenvalue weighted by atomic mass is 10.0.